The minimum absolute atomic E-state index is 0.179. The quantitative estimate of drug-likeness (QED) is 0.709. The second-order valence-corrected chi connectivity index (χ2v) is 3.89. The number of hydrogen-bond donors (Lipinski definition) is 1. The van der Waals surface area contributed by atoms with Gasteiger partial charge in [0.05, 0.1) is 6.04 Å². The van der Waals surface area contributed by atoms with E-state index in [0.717, 1.165) is 32.5 Å². The van der Waals surface area contributed by atoms with Crippen molar-refractivity contribution in [3.05, 3.63) is 0 Å². The highest BCUT2D eigenvalue weighted by molar-refractivity contribution is 5.76. The van der Waals surface area contributed by atoms with E-state index in [1.165, 1.54) is 0 Å². The summed E-state index contributed by atoms with van der Waals surface area (Å²) in [4.78, 5) is 15.5. The Morgan fingerprint density at radius 2 is 2.29 bits per heavy atom. The predicted octanol–water partition coefficient (Wildman–Crippen LogP) is 0.742. The van der Waals surface area contributed by atoms with Crippen LogP contribution in [0.15, 0.2) is 0 Å². The molecule has 4 heteroatoms. The fourth-order valence-electron chi connectivity index (χ4n) is 1.89. The topological polar surface area (TPSA) is 35.6 Å². The molecular formula is C10H21N3O. The maximum atomic E-state index is 11.7. The van der Waals surface area contributed by atoms with Gasteiger partial charge in [-0.1, -0.05) is 13.3 Å². The summed E-state index contributed by atoms with van der Waals surface area (Å²) < 4.78 is 0. The molecule has 0 aromatic heterocycles. The zero-order valence-electron chi connectivity index (χ0n) is 9.42. The minimum Gasteiger partial charge on any atom is -0.323 e. The minimum atomic E-state index is 0.179. The van der Waals surface area contributed by atoms with E-state index in [-0.39, 0.29) is 6.03 Å². The molecule has 1 atom stereocenters. The lowest BCUT2D eigenvalue weighted by molar-refractivity contribution is 0.195. The first-order chi connectivity index (χ1) is 6.70. The van der Waals surface area contributed by atoms with Crippen molar-refractivity contribution < 1.29 is 4.79 Å². The van der Waals surface area contributed by atoms with Crippen LogP contribution in [0.1, 0.15) is 19.8 Å². The van der Waals surface area contributed by atoms with Gasteiger partial charge in [-0.2, -0.15) is 0 Å². The Bertz CT molecular complexity index is 196. The molecule has 1 aliphatic rings. The van der Waals surface area contributed by atoms with Gasteiger partial charge >= 0.3 is 6.03 Å². The summed E-state index contributed by atoms with van der Waals surface area (Å²) in [7, 11) is 3.82. The molecule has 1 fully saturated rings. The van der Waals surface area contributed by atoms with E-state index < -0.39 is 0 Å². The number of carbonyl (C=O) groups excluding carboxylic acids is 1. The molecule has 82 valence electrons. The average Bonchev–Trinajstić information content (AvgIpc) is 2.44. The first-order valence-corrected chi connectivity index (χ1v) is 5.37. The summed E-state index contributed by atoms with van der Waals surface area (Å²) in [6, 6.07) is 0.600. The van der Waals surface area contributed by atoms with Gasteiger partial charge in [0.1, 0.15) is 0 Å². The Kier molecular flexibility index (Phi) is 4.20. The third-order valence-corrected chi connectivity index (χ3v) is 2.80. The molecule has 0 bridgehead atoms. The molecule has 0 aromatic carbocycles. The standard InChI is InChI=1S/C10H21N3O/c1-4-5-9-8-13(7-6-11-2)10(14)12(9)3/h9,11H,4-8H2,1-3H3. The zero-order valence-corrected chi connectivity index (χ0v) is 9.42. The zero-order chi connectivity index (χ0) is 10.6. The summed E-state index contributed by atoms with van der Waals surface area (Å²) in [6.45, 7) is 4.75. The van der Waals surface area contributed by atoms with Gasteiger partial charge in [-0.05, 0) is 13.5 Å². The highest BCUT2D eigenvalue weighted by atomic mass is 16.2. The van der Waals surface area contributed by atoms with Gasteiger partial charge in [-0.25, -0.2) is 4.79 Å². The van der Waals surface area contributed by atoms with Crippen LogP contribution < -0.4 is 5.32 Å². The fraction of sp³-hybridized carbons (Fsp3) is 0.900. The molecule has 0 radical (unpaired) electrons. The fourth-order valence-corrected chi connectivity index (χ4v) is 1.89. The Labute approximate surface area is 86.2 Å². The number of urea groups is 1. The van der Waals surface area contributed by atoms with Crippen molar-refractivity contribution in [3.8, 4) is 0 Å². The Morgan fingerprint density at radius 1 is 1.57 bits per heavy atom. The normalized spacial score (nSPS) is 22.2. The van der Waals surface area contributed by atoms with E-state index in [1.54, 1.807) is 0 Å². The monoisotopic (exact) mass is 199 g/mol. The molecule has 1 saturated heterocycles. The van der Waals surface area contributed by atoms with Crippen LogP contribution >= 0.6 is 0 Å². The molecule has 1 rings (SSSR count). The number of nitrogens with zero attached hydrogens (tertiary/aromatic N) is 2. The van der Waals surface area contributed by atoms with E-state index in [2.05, 4.69) is 12.2 Å². The number of likely N-dealkylation sites (N-methyl/N-ethyl adjacent to an activating group) is 2. The number of rotatable bonds is 5. The molecule has 0 aromatic rings. The van der Waals surface area contributed by atoms with Gasteiger partial charge in [0.2, 0.25) is 0 Å². The molecule has 0 spiro atoms. The summed E-state index contributed by atoms with van der Waals surface area (Å²) >= 11 is 0. The van der Waals surface area contributed by atoms with Crippen LogP contribution in [-0.4, -0.2) is 55.6 Å². The molecule has 14 heavy (non-hydrogen) atoms. The Balaban J connectivity index is 2.44. The van der Waals surface area contributed by atoms with Crippen molar-refractivity contribution in [1.82, 2.24) is 15.1 Å². The van der Waals surface area contributed by atoms with Crippen LogP contribution in [0.5, 0.6) is 0 Å². The van der Waals surface area contributed by atoms with Crippen molar-refractivity contribution >= 4 is 6.03 Å². The van der Waals surface area contributed by atoms with E-state index in [4.69, 9.17) is 0 Å². The SMILES string of the molecule is CCCC1CN(CCNC)C(=O)N1C. The number of amides is 2. The van der Waals surface area contributed by atoms with Gasteiger partial charge < -0.3 is 15.1 Å². The average molecular weight is 199 g/mol. The Hall–Kier alpha value is -0.770. The van der Waals surface area contributed by atoms with Crippen molar-refractivity contribution in [2.45, 2.75) is 25.8 Å². The molecule has 2 amide bonds. The van der Waals surface area contributed by atoms with Crippen molar-refractivity contribution in [1.29, 1.82) is 0 Å². The summed E-state index contributed by atoms with van der Waals surface area (Å²) in [5, 5.41) is 3.06. The maximum absolute atomic E-state index is 11.7. The molecule has 1 heterocycles. The lowest BCUT2D eigenvalue weighted by Gasteiger charge is -2.16. The largest absolute Gasteiger partial charge is 0.323 e. The van der Waals surface area contributed by atoms with Crippen LogP contribution in [0, 0.1) is 0 Å². The number of hydrogen-bond acceptors (Lipinski definition) is 2. The maximum Gasteiger partial charge on any atom is 0.320 e. The highest BCUT2D eigenvalue weighted by Crippen LogP contribution is 2.16. The summed E-state index contributed by atoms with van der Waals surface area (Å²) in [5.74, 6) is 0. The lowest BCUT2D eigenvalue weighted by Crippen LogP contribution is -2.34. The number of nitrogens with one attached hydrogen (secondary N) is 1. The highest BCUT2D eigenvalue weighted by Gasteiger charge is 2.32. The molecular weight excluding hydrogens is 178 g/mol. The summed E-state index contributed by atoms with van der Waals surface area (Å²) in [6.07, 6.45) is 2.25. The van der Waals surface area contributed by atoms with E-state index >= 15 is 0 Å². The second-order valence-electron chi connectivity index (χ2n) is 3.89. The first-order valence-electron chi connectivity index (χ1n) is 5.37. The van der Waals surface area contributed by atoms with Gasteiger partial charge in [-0.3, -0.25) is 0 Å². The smallest absolute Gasteiger partial charge is 0.320 e. The lowest BCUT2D eigenvalue weighted by atomic mass is 10.1. The van der Waals surface area contributed by atoms with E-state index in [9.17, 15) is 4.79 Å². The molecule has 0 saturated carbocycles. The molecule has 1 aliphatic heterocycles. The Morgan fingerprint density at radius 3 is 2.86 bits per heavy atom. The second kappa shape index (κ2) is 5.20. The van der Waals surface area contributed by atoms with E-state index in [0.29, 0.717) is 6.04 Å². The van der Waals surface area contributed by atoms with Gasteiger partial charge in [0.25, 0.3) is 0 Å². The number of carbonyl (C=O) groups is 1. The van der Waals surface area contributed by atoms with Crippen molar-refractivity contribution in [2.75, 3.05) is 33.7 Å². The third-order valence-electron chi connectivity index (χ3n) is 2.80. The first kappa shape index (κ1) is 11.3. The third kappa shape index (κ3) is 2.38. The van der Waals surface area contributed by atoms with Gasteiger partial charge in [0.15, 0.2) is 0 Å². The molecule has 1 N–H and O–H groups in total. The van der Waals surface area contributed by atoms with Crippen LogP contribution in [0.2, 0.25) is 0 Å². The summed E-state index contributed by atoms with van der Waals surface area (Å²) in [5.41, 5.74) is 0. The molecule has 4 nitrogen and oxygen atoms in total. The van der Waals surface area contributed by atoms with Crippen molar-refractivity contribution in [3.63, 3.8) is 0 Å². The molecule has 0 aliphatic carbocycles. The molecule has 1 unspecified atom stereocenters. The van der Waals surface area contributed by atoms with Crippen LogP contribution in [0.3, 0.4) is 0 Å². The predicted molar refractivity (Wildman–Crippen MR) is 57.4 cm³/mol. The van der Waals surface area contributed by atoms with Gasteiger partial charge in [-0.15, -0.1) is 0 Å². The van der Waals surface area contributed by atoms with Crippen molar-refractivity contribution in [2.24, 2.45) is 0 Å². The van der Waals surface area contributed by atoms with E-state index in [1.807, 2.05) is 23.9 Å². The van der Waals surface area contributed by atoms with Crippen LogP contribution in [-0.2, 0) is 0 Å². The van der Waals surface area contributed by atoms with Crippen LogP contribution in [0.4, 0.5) is 4.79 Å². The van der Waals surface area contributed by atoms with Crippen LogP contribution in [0.25, 0.3) is 0 Å². The van der Waals surface area contributed by atoms with Gasteiger partial charge in [0, 0.05) is 26.7 Å².